The molecule has 0 aromatic carbocycles. The Bertz CT molecular complexity index is 1240. The van der Waals surface area contributed by atoms with E-state index < -0.39 is 10.8 Å². The molecule has 0 aromatic rings. The van der Waals surface area contributed by atoms with E-state index in [0.29, 0.717) is 6.61 Å². The highest BCUT2D eigenvalue weighted by atomic mass is 16.5. The van der Waals surface area contributed by atoms with Crippen LogP contribution in [0, 0.1) is 62.1 Å². The first-order chi connectivity index (χ1) is 19.2. The first-order valence-electron chi connectivity index (χ1n) is 16.3. The molecule has 0 N–H and O–H groups in total. The fourth-order valence-corrected chi connectivity index (χ4v) is 10.4. The second kappa shape index (κ2) is 10.2. The van der Waals surface area contributed by atoms with Gasteiger partial charge >= 0.3 is 5.97 Å². The number of allylic oxidation sites excluding steroid dienone is 4. The van der Waals surface area contributed by atoms with Crippen molar-refractivity contribution in [2.24, 2.45) is 50.7 Å². The van der Waals surface area contributed by atoms with Gasteiger partial charge in [-0.15, -0.1) is 0 Å². The van der Waals surface area contributed by atoms with Gasteiger partial charge < -0.3 is 4.74 Å². The zero-order valence-corrected chi connectivity index (χ0v) is 26.5. The molecule has 0 bridgehead atoms. The minimum absolute atomic E-state index is 0.0436. The highest BCUT2D eigenvalue weighted by Crippen LogP contribution is 2.73. The van der Waals surface area contributed by atoms with E-state index in [1.165, 1.54) is 0 Å². The third-order valence-electron chi connectivity index (χ3n) is 13.1. The molecule has 8 atom stereocenters. The number of hydrogen-bond donors (Lipinski definition) is 0. The molecule has 0 aromatic heterocycles. The molecule has 0 heterocycles. The maximum absolute atomic E-state index is 14.5. The molecule has 0 aliphatic heterocycles. The van der Waals surface area contributed by atoms with Crippen LogP contribution >= 0.6 is 0 Å². The Labute approximate surface area is 247 Å². The van der Waals surface area contributed by atoms with Crippen LogP contribution in [-0.4, -0.2) is 24.1 Å². The van der Waals surface area contributed by atoms with E-state index in [0.717, 1.165) is 76.2 Å². The normalized spacial score (nSPS) is 42.9. The van der Waals surface area contributed by atoms with Crippen LogP contribution in [0.1, 0.15) is 119 Å². The molecule has 0 amide bonds. The van der Waals surface area contributed by atoms with Gasteiger partial charge in [0.05, 0.1) is 17.6 Å². The van der Waals surface area contributed by atoms with Crippen LogP contribution in [0.25, 0.3) is 0 Å². The highest BCUT2D eigenvalue weighted by Gasteiger charge is 2.70. The molecule has 3 saturated carbocycles. The summed E-state index contributed by atoms with van der Waals surface area (Å²) in [6, 6.07) is 2.17. The topological polar surface area (TPSA) is 84.2 Å². The van der Waals surface area contributed by atoms with Crippen LogP contribution in [0.5, 0.6) is 0 Å². The number of carbonyl (C=O) groups excluding carboxylic acids is 3. The van der Waals surface area contributed by atoms with Gasteiger partial charge in [0.2, 0.25) is 0 Å². The fraction of sp³-hybridized carbons (Fsp3) is 0.778. The molecular weight excluding hydrogens is 510 g/mol. The number of carbonyl (C=O) groups is 3. The SMILES string of the molecule is CCCCCCOC(=O)[C@]12CCC(C)(C)CC1C1C(=O)C=C3[C@@]4(C)C=C(C#N)C(=O)[C@@H](C)[C@@H]4CC[C@@]3(C)[C@]1(C)CC2. The molecule has 41 heavy (non-hydrogen) atoms. The van der Waals surface area contributed by atoms with E-state index in [1.807, 2.05) is 19.1 Å². The summed E-state index contributed by atoms with van der Waals surface area (Å²) in [6.45, 7) is 16.0. The Balaban J connectivity index is 1.57. The monoisotopic (exact) mass is 561 g/mol. The first kappa shape index (κ1) is 30.2. The summed E-state index contributed by atoms with van der Waals surface area (Å²) in [4.78, 5) is 41.5. The average molecular weight is 562 g/mol. The second-order valence-corrected chi connectivity index (χ2v) is 15.8. The predicted molar refractivity (Wildman–Crippen MR) is 159 cm³/mol. The van der Waals surface area contributed by atoms with Crippen LogP contribution in [0.2, 0.25) is 0 Å². The van der Waals surface area contributed by atoms with Gasteiger partial charge in [0.25, 0.3) is 0 Å². The molecule has 5 aliphatic rings. The fourth-order valence-electron chi connectivity index (χ4n) is 10.4. The molecule has 5 heteroatoms. The van der Waals surface area contributed by atoms with Gasteiger partial charge in [-0.05, 0) is 85.5 Å². The lowest BCUT2D eigenvalue weighted by molar-refractivity contribution is -0.192. The first-order valence-corrected chi connectivity index (χ1v) is 16.3. The molecule has 5 rings (SSSR count). The van der Waals surface area contributed by atoms with E-state index in [2.05, 4.69) is 47.6 Å². The number of ketones is 2. The number of nitrogens with zero attached hydrogens (tertiary/aromatic N) is 1. The molecule has 0 radical (unpaired) electrons. The summed E-state index contributed by atoms with van der Waals surface area (Å²) in [5.74, 6) is -0.431. The van der Waals surface area contributed by atoms with Crippen molar-refractivity contribution in [1.29, 1.82) is 5.26 Å². The molecule has 0 saturated heterocycles. The molecule has 0 spiro atoms. The van der Waals surface area contributed by atoms with E-state index in [-0.39, 0.29) is 63.0 Å². The third-order valence-corrected chi connectivity index (χ3v) is 13.1. The standard InChI is InChI=1S/C36H51NO4/c1-8-9-10-11-18-41-31(40)36-16-14-32(3,4)21-26(36)29-27(38)19-28-33(5)20-24(22-37)30(39)23(2)25(33)12-13-34(28,6)35(29,7)15-17-36/h19-20,23,25-26,29H,8-18,21H2,1-7H3/t23-,25-,26?,29?,33-,34+,35+,36-/m0/s1. The summed E-state index contributed by atoms with van der Waals surface area (Å²) in [6.07, 6.45) is 14.1. The Morgan fingerprint density at radius 2 is 1.71 bits per heavy atom. The van der Waals surface area contributed by atoms with E-state index >= 15 is 0 Å². The largest absolute Gasteiger partial charge is 0.465 e. The van der Waals surface area contributed by atoms with Crippen molar-refractivity contribution in [2.75, 3.05) is 6.61 Å². The number of fused-ring (bicyclic) bond motifs is 7. The lowest BCUT2D eigenvalue weighted by Gasteiger charge is -2.68. The highest BCUT2D eigenvalue weighted by molar-refractivity contribution is 6.02. The molecule has 2 unspecified atom stereocenters. The Kier molecular flexibility index (Phi) is 7.53. The Morgan fingerprint density at radius 3 is 2.39 bits per heavy atom. The van der Waals surface area contributed by atoms with Crippen molar-refractivity contribution in [3.8, 4) is 6.07 Å². The van der Waals surface area contributed by atoms with E-state index in [4.69, 9.17) is 4.74 Å². The summed E-state index contributed by atoms with van der Waals surface area (Å²) < 4.78 is 6.03. The number of Topliss-reactive ketones (excluding diaryl/α,β-unsaturated/α-hetero) is 1. The van der Waals surface area contributed by atoms with Crippen LogP contribution in [-0.2, 0) is 19.1 Å². The zero-order chi connectivity index (χ0) is 30.0. The molecule has 5 aliphatic carbocycles. The third kappa shape index (κ3) is 4.32. The van der Waals surface area contributed by atoms with Crippen molar-refractivity contribution < 1.29 is 19.1 Å². The summed E-state index contributed by atoms with van der Waals surface area (Å²) >= 11 is 0. The lowest BCUT2D eigenvalue weighted by Crippen LogP contribution is -2.65. The van der Waals surface area contributed by atoms with Crippen molar-refractivity contribution >= 4 is 17.5 Å². The van der Waals surface area contributed by atoms with Crippen molar-refractivity contribution in [2.45, 2.75) is 119 Å². The van der Waals surface area contributed by atoms with Crippen molar-refractivity contribution in [3.05, 3.63) is 23.3 Å². The van der Waals surface area contributed by atoms with Crippen molar-refractivity contribution in [3.63, 3.8) is 0 Å². The van der Waals surface area contributed by atoms with Crippen molar-refractivity contribution in [1.82, 2.24) is 0 Å². The van der Waals surface area contributed by atoms with Gasteiger partial charge in [0.1, 0.15) is 6.07 Å². The number of rotatable bonds is 6. The minimum atomic E-state index is -0.595. The van der Waals surface area contributed by atoms with E-state index in [9.17, 15) is 19.6 Å². The molecule has 224 valence electrons. The smallest absolute Gasteiger partial charge is 0.312 e. The van der Waals surface area contributed by atoms with Crippen LogP contribution in [0.4, 0.5) is 0 Å². The zero-order valence-electron chi connectivity index (χ0n) is 26.5. The average Bonchev–Trinajstić information content (AvgIpc) is 2.91. The molecule has 5 nitrogen and oxygen atoms in total. The van der Waals surface area contributed by atoms with Crippen LogP contribution in [0.15, 0.2) is 23.3 Å². The number of nitriles is 1. The number of esters is 1. The minimum Gasteiger partial charge on any atom is -0.465 e. The quantitative estimate of drug-likeness (QED) is 0.243. The number of ether oxygens (including phenoxy) is 1. The summed E-state index contributed by atoms with van der Waals surface area (Å²) in [7, 11) is 0. The second-order valence-electron chi connectivity index (χ2n) is 15.8. The van der Waals surface area contributed by atoms with Gasteiger partial charge in [-0.3, -0.25) is 14.4 Å². The Morgan fingerprint density at radius 1 is 1.00 bits per heavy atom. The molecular formula is C36H51NO4. The van der Waals surface area contributed by atoms with Gasteiger partial charge in [0, 0.05) is 17.3 Å². The summed E-state index contributed by atoms with van der Waals surface area (Å²) in [5, 5.41) is 9.83. The van der Waals surface area contributed by atoms with Gasteiger partial charge in [-0.1, -0.05) is 79.4 Å². The van der Waals surface area contributed by atoms with Gasteiger partial charge in [-0.2, -0.15) is 5.26 Å². The Hall–Kier alpha value is -2.22. The number of hydrogen-bond acceptors (Lipinski definition) is 5. The van der Waals surface area contributed by atoms with Crippen LogP contribution < -0.4 is 0 Å². The van der Waals surface area contributed by atoms with E-state index in [1.54, 1.807) is 0 Å². The molecule has 3 fully saturated rings. The summed E-state index contributed by atoms with van der Waals surface area (Å²) in [5.41, 5.74) is -0.262. The lowest BCUT2D eigenvalue weighted by atomic mass is 9.35. The maximum Gasteiger partial charge on any atom is 0.312 e. The van der Waals surface area contributed by atoms with Gasteiger partial charge in [-0.25, -0.2) is 0 Å². The predicted octanol–water partition coefficient (Wildman–Crippen LogP) is 7.94. The van der Waals surface area contributed by atoms with Gasteiger partial charge in [0.15, 0.2) is 11.6 Å². The maximum atomic E-state index is 14.5. The number of unbranched alkanes of at least 4 members (excludes halogenated alkanes) is 3. The van der Waals surface area contributed by atoms with Crippen LogP contribution in [0.3, 0.4) is 0 Å².